The van der Waals surface area contributed by atoms with Gasteiger partial charge in [-0.1, -0.05) is 0 Å². The molecular formula is C26H31F3N6O6. The number of hydrogen-bond acceptors (Lipinski definition) is 10. The van der Waals surface area contributed by atoms with Gasteiger partial charge in [0.15, 0.2) is 11.5 Å². The lowest BCUT2D eigenvalue weighted by molar-refractivity contribution is -0.137. The van der Waals surface area contributed by atoms with Crippen molar-refractivity contribution in [2.45, 2.75) is 84.3 Å². The van der Waals surface area contributed by atoms with Crippen LogP contribution in [0, 0.1) is 5.92 Å². The second kappa shape index (κ2) is 10.8. The van der Waals surface area contributed by atoms with Gasteiger partial charge in [-0.2, -0.15) is 18.1 Å². The largest absolute Gasteiger partial charge is 0.443 e. The summed E-state index contributed by atoms with van der Waals surface area (Å²) in [5.74, 6) is -0.838. The number of aromatic nitrogens is 5. The molecule has 2 amide bonds. The third-order valence-corrected chi connectivity index (χ3v) is 5.72. The molecule has 0 aliphatic heterocycles. The number of aliphatic hydroxyl groups excluding tert-OH is 1. The Hall–Kier alpha value is -4.01. The Morgan fingerprint density at radius 1 is 1.05 bits per heavy atom. The number of H-pyrrole nitrogens is 1. The van der Waals surface area contributed by atoms with Crippen LogP contribution in [-0.2, 0) is 22.1 Å². The first-order chi connectivity index (χ1) is 18.9. The number of carbonyl (C=O) groups is 2. The Kier molecular flexibility index (Phi) is 7.86. The smallest absolute Gasteiger partial charge is 0.425 e. The van der Waals surface area contributed by atoms with Gasteiger partial charge in [-0.3, -0.25) is 5.10 Å². The summed E-state index contributed by atoms with van der Waals surface area (Å²) in [6.07, 6.45) is -5.06. The third-order valence-electron chi connectivity index (χ3n) is 5.72. The van der Waals surface area contributed by atoms with Gasteiger partial charge < -0.3 is 19.3 Å². The maximum atomic E-state index is 13.4. The van der Waals surface area contributed by atoms with Crippen molar-refractivity contribution in [3.63, 3.8) is 0 Å². The second-order valence-corrected chi connectivity index (χ2v) is 11.7. The SMILES string of the molecule is CC(C)(C)OC(=O)N(C(=O)OC(C)(C)C)c1nc(CC2CC(O)C2)nc2[nH]nc(Oc3cc(C(F)(F)F)ccn3)c12. The lowest BCUT2D eigenvalue weighted by atomic mass is 9.80. The fourth-order valence-corrected chi connectivity index (χ4v) is 3.99. The number of hydrogen-bond donors (Lipinski definition) is 2. The summed E-state index contributed by atoms with van der Waals surface area (Å²) in [6.45, 7) is 9.62. The number of ether oxygens (including phenoxy) is 3. The van der Waals surface area contributed by atoms with Gasteiger partial charge in [0.1, 0.15) is 22.4 Å². The fourth-order valence-electron chi connectivity index (χ4n) is 3.99. The van der Waals surface area contributed by atoms with Crippen LogP contribution >= 0.6 is 0 Å². The number of rotatable bonds is 5. The molecule has 1 fully saturated rings. The number of anilines is 1. The predicted octanol–water partition coefficient (Wildman–Crippen LogP) is 5.55. The lowest BCUT2D eigenvalue weighted by Crippen LogP contribution is -2.44. The summed E-state index contributed by atoms with van der Waals surface area (Å²) in [6, 6.07) is 1.46. The van der Waals surface area contributed by atoms with Crippen LogP contribution in [0.15, 0.2) is 18.3 Å². The number of imide groups is 1. The molecule has 3 heterocycles. The highest BCUT2D eigenvalue weighted by Gasteiger charge is 2.38. The molecule has 4 rings (SSSR count). The number of halogens is 3. The Balaban J connectivity index is 1.86. The molecule has 12 nitrogen and oxygen atoms in total. The van der Waals surface area contributed by atoms with Crippen molar-refractivity contribution in [2.24, 2.45) is 5.92 Å². The minimum absolute atomic E-state index is 0.0314. The zero-order valence-electron chi connectivity index (χ0n) is 23.4. The van der Waals surface area contributed by atoms with Gasteiger partial charge in [-0.15, -0.1) is 5.10 Å². The number of pyridine rings is 1. The quantitative estimate of drug-likeness (QED) is 0.393. The highest BCUT2D eigenvalue weighted by Crippen LogP contribution is 2.37. The first-order valence-corrected chi connectivity index (χ1v) is 12.8. The number of carbonyl (C=O) groups excluding carboxylic acids is 2. The molecule has 41 heavy (non-hydrogen) atoms. The maximum Gasteiger partial charge on any atom is 0.425 e. The molecule has 0 aromatic carbocycles. The molecule has 0 unspecified atom stereocenters. The summed E-state index contributed by atoms with van der Waals surface area (Å²) in [5.41, 5.74) is -3.02. The van der Waals surface area contributed by atoms with E-state index in [4.69, 9.17) is 14.2 Å². The molecule has 0 radical (unpaired) electrons. The summed E-state index contributed by atoms with van der Waals surface area (Å²) >= 11 is 0. The van der Waals surface area contributed by atoms with Crippen molar-refractivity contribution in [3.8, 4) is 11.8 Å². The van der Waals surface area contributed by atoms with Crippen molar-refractivity contribution in [2.75, 3.05) is 4.90 Å². The number of nitrogens with one attached hydrogen (secondary N) is 1. The molecule has 0 atom stereocenters. The van der Waals surface area contributed by atoms with Crippen molar-refractivity contribution >= 4 is 29.0 Å². The van der Waals surface area contributed by atoms with E-state index >= 15 is 0 Å². The van der Waals surface area contributed by atoms with Crippen molar-refractivity contribution in [3.05, 3.63) is 29.7 Å². The first-order valence-electron chi connectivity index (χ1n) is 12.8. The van der Waals surface area contributed by atoms with Crippen LogP contribution in [0.5, 0.6) is 11.8 Å². The molecule has 1 saturated carbocycles. The van der Waals surface area contributed by atoms with Gasteiger partial charge >= 0.3 is 18.4 Å². The van der Waals surface area contributed by atoms with Gasteiger partial charge in [-0.25, -0.2) is 24.5 Å². The van der Waals surface area contributed by atoms with Gasteiger partial charge in [0.25, 0.3) is 5.88 Å². The van der Waals surface area contributed by atoms with E-state index in [1.54, 1.807) is 41.5 Å². The Bertz CT molecular complexity index is 1410. The molecule has 3 aromatic heterocycles. The topological polar surface area (TPSA) is 153 Å². The molecule has 222 valence electrons. The van der Waals surface area contributed by atoms with Crippen LogP contribution < -0.4 is 9.64 Å². The normalized spacial score (nSPS) is 17.6. The highest BCUT2D eigenvalue weighted by atomic mass is 19.4. The third kappa shape index (κ3) is 7.39. The van der Waals surface area contributed by atoms with Gasteiger partial charge in [0, 0.05) is 18.7 Å². The first kappa shape index (κ1) is 30.0. The fraction of sp³-hybridized carbons (Fsp3) is 0.538. The van der Waals surface area contributed by atoms with Gasteiger partial charge in [0.05, 0.1) is 11.7 Å². The number of fused-ring (bicyclic) bond motifs is 1. The monoisotopic (exact) mass is 580 g/mol. The number of aromatic amines is 1. The maximum absolute atomic E-state index is 13.4. The molecule has 2 N–H and O–H groups in total. The van der Waals surface area contributed by atoms with E-state index in [1.165, 1.54) is 0 Å². The molecule has 0 saturated heterocycles. The van der Waals surface area contributed by atoms with Crippen LogP contribution in [0.2, 0.25) is 0 Å². The Morgan fingerprint density at radius 3 is 2.20 bits per heavy atom. The van der Waals surface area contributed by atoms with Crippen molar-refractivity contribution in [1.29, 1.82) is 0 Å². The Morgan fingerprint density at radius 2 is 1.66 bits per heavy atom. The standard InChI is InChI=1S/C26H31F3N6O6/c1-24(2,3)40-22(37)35(23(38)41-25(4,5)6)20-18-19(31-16(32-20)11-13-9-15(36)10-13)33-34-21(18)39-17-12-14(7-8-30-17)26(27,28)29/h7-8,12-13,15,36H,9-11H2,1-6H3,(H,31,32,33,34). The summed E-state index contributed by atoms with van der Waals surface area (Å²) in [4.78, 5) is 40.1. The van der Waals surface area contributed by atoms with E-state index < -0.39 is 47.1 Å². The van der Waals surface area contributed by atoms with E-state index in [1.807, 2.05) is 0 Å². The summed E-state index contributed by atoms with van der Waals surface area (Å²) < 4.78 is 56.4. The second-order valence-electron chi connectivity index (χ2n) is 11.7. The van der Waals surface area contributed by atoms with Crippen LogP contribution in [-0.4, -0.2) is 59.7 Å². The highest BCUT2D eigenvalue weighted by molar-refractivity contribution is 6.14. The zero-order valence-corrected chi connectivity index (χ0v) is 23.4. The van der Waals surface area contributed by atoms with E-state index in [-0.39, 0.29) is 34.5 Å². The zero-order chi connectivity index (χ0) is 30.3. The van der Waals surface area contributed by atoms with Crippen molar-refractivity contribution < 1.29 is 42.1 Å². The summed E-state index contributed by atoms with van der Waals surface area (Å²) in [5, 5.41) is 16.2. The van der Waals surface area contributed by atoms with E-state index in [0.29, 0.717) is 30.2 Å². The molecular weight excluding hydrogens is 549 g/mol. The molecule has 1 aliphatic carbocycles. The van der Waals surface area contributed by atoms with Crippen molar-refractivity contribution in [1.82, 2.24) is 25.1 Å². The minimum Gasteiger partial charge on any atom is -0.443 e. The van der Waals surface area contributed by atoms with E-state index in [0.717, 1.165) is 12.3 Å². The minimum atomic E-state index is -4.66. The molecule has 1 aliphatic rings. The number of amides is 2. The van der Waals surface area contributed by atoms with Crippen LogP contribution in [0.4, 0.5) is 28.6 Å². The van der Waals surface area contributed by atoms with E-state index in [9.17, 15) is 27.9 Å². The van der Waals surface area contributed by atoms with Crippen LogP contribution in [0.1, 0.15) is 65.8 Å². The van der Waals surface area contributed by atoms with Crippen LogP contribution in [0.3, 0.4) is 0 Å². The van der Waals surface area contributed by atoms with Crippen LogP contribution in [0.25, 0.3) is 11.0 Å². The number of aliphatic hydroxyl groups is 1. The summed E-state index contributed by atoms with van der Waals surface area (Å²) in [7, 11) is 0. The molecule has 0 bridgehead atoms. The number of alkyl halides is 3. The average molecular weight is 581 g/mol. The molecule has 3 aromatic rings. The van der Waals surface area contributed by atoms with Gasteiger partial charge in [-0.05, 0) is 66.4 Å². The average Bonchev–Trinajstić information content (AvgIpc) is 3.18. The lowest BCUT2D eigenvalue weighted by Gasteiger charge is -2.31. The van der Waals surface area contributed by atoms with Gasteiger partial charge in [0.2, 0.25) is 5.88 Å². The Labute approximate surface area is 233 Å². The molecule has 15 heteroatoms. The van der Waals surface area contributed by atoms with E-state index in [2.05, 4.69) is 25.1 Å². The predicted molar refractivity (Wildman–Crippen MR) is 138 cm³/mol. The number of nitrogens with zero attached hydrogens (tertiary/aromatic N) is 5. The molecule has 0 spiro atoms.